The Bertz CT molecular complexity index is 947. The van der Waals surface area contributed by atoms with Gasteiger partial charge in [-0.3, -0.25) is 0 Å². The number of hydrogen-bond donors (Lipinski definition) is 0. The minimum absolute atomic E-state index is 1.03. The Kier molecular flexibility index (Phi) is 4.29. The van der Waals surface area contributed by atoms with E-state index in [-0.39, 0.29) is 0 Å². The molecule has 112 valence electrons. The number of fused-ring (bicyclic) bond motifs is 2. The molecule has 0 aromatic heterocycles. The van der Waals surface area contributed by atoms with E-state index in [0.29, 0.717) is 0 Å². The molecule has 0 saturated heterocycles. The van der Waals surface area contributed by atoms with E-state index in [0.717, 1.165) is 10.1 Å². The van der Waals surface area contributed by atoms with Gasteiger partial charge < -0.3 is 0 Å². The van der Waals surface area contributed by atoms with Crippen LogP contribution in [0.4, 0.5) is 5.69 Å². The fourth-order valence-electron chi connectivity index (χ4n) is 2.51. The van der Waals surface area contributed by atoms with E-state index in [4.69, 9.17) is 4.99 Å². The van der Waals surface area contributed by atoms with Crippen LogP contribution < -0.4 is 0 Å². The van der Waals surface area contributed by atoms with Gasteiger partial charge in [-0.15, -0.1) is 0 Å². The molecule has 1 aliphatic rings. The first-order chi connectivity index (χ1) is 11.3. The van der Waals surface area contributed by atoms with Crippen molar-refractivity contribution >= 4 is 65.2 Å². The molecule has 4 heteroatoms. The third kappa shape index (κ3) is 3.11. The molecule has 0 radical (unpaired) electrons. The summed E-state index contributed by atoms with van der Waals surface area (Å²) in [5, 5.41) is 2.53. The average molecular weight is 398 g/mol. The maximum atomic E-state index is 4.80. The normalized spacial score (nSPS) is 15.5. The Labute approximate surface area is 152 Å². The molecule has 1 aliphatic heterocycles. The number of aliphatic imine (C=N–C) groups is 1. The molecule has 0 bridgehead atoms. The standard InChI is InChI=1S/C19H12BrNS2/c20-12-18-16-7-3-4-8-17(16)21-19(23-18)22-15-10-9-13-5-1-2-6-14(13)11-15/h1-12H/b18-12-. The van der Waals surface area contributed by atoms with Crippen LogP contribution in [0.1, 0.15) is 5.56 Å². The largest absolute Gasteiger partial charge is 0.234 e. The molecule has 0 fully saturated rings. The van der Waals surface area contributed by atoms with Gasteiger partial charge in [-0.25, -0.2) is 4.99 Å². The monoisotopic (exact) mass is 397 g/mol. The zero-order valence-electron chi connectivity index (χ0n) is 12.1. The molecule has 0 unspecified atom stereocenters. The van der Waals surface area contributed by atoms with Crippen LogP contribution in [0.3, 0.4) is 0 Å². The summed E-state index contributed by atoms with van der Waals surface area (Å²) in [7, 11) is 0. The number of halogens is 1. The zero-order valence-corrected chi connectivity index (χ0v) is 15.3. The van der Waals surface area contributed by atoms with Crippen LogP contribution >= 0.6 is 39.5 Å². The Balaban J connectivity index is 1.69. The van der Waals surface area contributed by atoms with Gasteiger partial charge in [0.15, 0.2) is 0 Å². The molecular weight excluding hydrogens is 386 g/mol. The Morgan fingerprint density at radius 3 is 2.57 bits per heavy atom. The van der Waals surface area contributed by atoms with Crippen LogP contribution in [0.15, 0.2) is 81.6 Å². The molecule has 3 aromatic rings. The molecule has 0 aliphatic carbocycles. The van der Waals surface area contributed by atoms with E-state index in [1.807, 2.05) is 17.1 Å². The number of rotatable bonds is 1. The molecule has 0 amide bonds. The molecule has 1 heterocycles. The van der Waals surface area contributed by atoms with Crippen molar-refractivity contribution in [3.8, 4) is 0 Å². The molecule has 1 nitrogen and oxygen atoms in total. The number of nitrogens with zero attached hydrogens (tertiary/aromatic N) is 1. The lowest BCUT2D eigenvalue weighted by Crippen LogP contribution is -1.94. The van der Waals surface area contributed by atoms with Gasteiger partial charge in [0, 0.05) is 15.4 Å². The van der Waals surface area contributed by atoms with Crippen molar-refractivity contribution < 1.29 is 0 Å². The number of benzene rings is 3. The Morgan fingerprint density at radius 1 is 0.913 bits per heavy atom. The highest BCUT2D eigenvalue weighted by Crippen LogP contribution is 2.45. The summed E-state index contributed by atoms with van der Waals surface area (Å²) < 4.78 is 1.05. The third-order valence-corrected chi connectivity index (χ3v) is 6.44. The van der Waals surface area contributed by atoms with Gasteiger partial charge in [-0.1, -0.05) is 88.0 Å². The van der Waals surface area contributed by atoms with Gasteiger partial charge in [0.25, 0.3) is 0 Å². The van der Waals surface area contributed by atoms with Crippen molar-refractivity contribution in [3.05, 3.63) is 77.3 Å². The van der Waals surface area contributed by atoms with Crippen LogP contribution in [0.25, 0.3) is 15.7 Å². The summed E-state index contributed by atoms with van der Waals surface area (Å²) >= 11 is 6.89. The van der Waals surface area contributed by atoms with E-state index < -0.39 is 0 Å². The summed E-state index contributed by atoms with van der Waals surface area (Å²) in [4.78, 5) is 9.18. The molecule has 0 spiro atoms. The summed E-state index contributed by atoms with van der Waals surface area (Å²) in [5.41, 5.74) is 2.21. The first-order valence-corrected chi connectivity index (χ1v) is 9.71. The quantitative estimate of drug-likeness (QED) is 0.435. The minimum atomic E-state index is 1.03. The van der Waals surface area contributed by atoms with Gasteiger partial charge in [0.05, 0.1) is 5.69 Å². The van der Waals surface area contributed by atoms with Crippen LogP contribution in [0, 0.1) is 0 Å². The first-order valence-electron chi connectivity index (χ1n) is 7.16. The second-order valence-corrected chi connectivity index (χ2v) is 7.89. The van der Waals surface area contributed by atoms with Gasteiger partial charge in [-0.05, 0) is 34.0 Å². The fourth-order valence-corrected chi connectivity index (χ4v) is 5.08. The van der Waals surface area contributed by atoms with E-state index in [1.54, 1.807) is 23.5 Å². The first kappa shape index (κ1) is 15.1. The summed E-state index contributed by atoms with van der Waals surface area (Å²) in [6.07, 6.45) is 0. The lowest BCUT2D eigenvalue weighted by molar-refractivity contribution is 1.50. The third-order valence-electron chi connectivity index (χ3n) is 3.60. The second-order valence-electron chi connectivity index (χ2n) is 5.08. The number of thioether (sulfide) groups is 2. The van der Waals surface area contributed by atoms with E-state index in [1.165, 1.54) is 26.1 Å². The lowest BCUT2D eigenvalue weighted by atomic mass is 10.1. The smallest absolute Gasteiger partial charge is 0.140 e. The van der Waals surface area contributed by atoms with Crippen molar-refractivity contribution in [2.75, 3.05) is 0 Å². The van der Waals surface area contributed by atoms with E-state index >= 15 is 0 Å². The predicted molar refractivity (Wildman–Crippen MR) is 108 cm³/mol. The lowest BCUT2D eigenvalue weighted by Gasteiger charge is -2.17. The topological polar surface area (TPSA) is 12.4 Å². The van der Waals surface area contributed by atoms with Crippen molar-refractivity contribution in [1.29, 1.82) is 0 Å². The Morgan fingerprint density at radius 2 is 1.70 bits per heavy atom. The fraction of sp³-hybridized carbons (Fsp3) is 0. The summed E-state index contributed by atoms with van der Waals surface area (Å²) in [5.74, 6) is 0. The maximum Gasteiger partial charge on any atom is 0.140 e. The molecular formula is C19H12BrNS2. The zero-order chi connectivity index (χ0) is 15.6. The molecule has 3 aromatic carbocycles. The van der Waals surface area contributed by atoms with Crippen molar-refractivity contribution in [2.45, 2.75) is 4.90 Å². The predicted octanol–water partition coefficient (Wildman–Crippen LogP) is 7.06. The van der Waals surface area contributed by atoms with Crippen LogP contribution in [0.5, 0.6) is 0 Å². The van der Waals surface area contributed by atoms with Crippen LogP contribution in [0.2, 0.25) is 0 Å². The van der Waals surface area contributed by atoms with Crippen LogP contribution in [-0.2, 0) is 0 Å². The van der Waals surface area contributed by atoms with Crippen molar-refractivity contribution in [3.63, 3.8) is 0 Å². The number of hydrogen-bond acceptors (Lipinski definition) is 3. The van der Waals surface area contributed by atoms with E-state index in [9.17, 15) is 0 Å². The summed E-state index contributed by atoms with van der Waals surface area (Å²) in [6.45, 7) is 0. The molecule has 23 heavy (non-hydrogen) atoms. The highest BCUT2D eigenvalue weighted by atomic mass is 79.9. The van der Waals surface area contributed by atoms with Crippen LogP contribution in [-0.4, -0.2) is 4.38 Å². The summed E-state index contributed by atoms with van der Waals surface area (Å²) in [6, 6.07) is 23.2. The minimum Gasteiger partial charge on any atom is -0.234 e. The highest BCUT2D eigenvalue weighted by Gasteiger charge is 2.18. The van der Waals surface area contributed by atoms with Gasteiger partial charge in [0.2, 0.25) is 0 Å². The molecule has 0 saturated carbocycles. The van der Waals surface area contributed by atoms with E-state index in [2.05, 4.69) is 70.5 Å². The van der Waals surface area contributed by atoms with Gasteiger partial charge in [0.1, 0.15) is 4.38 Å². The highest BCUT2D eigenvalue weighted by molar-refractivity contribution is 9.11. The maximum absolute atomic E-state index is 4.80. The van der Waals surface area contributed by atoms with Crippen molar-refractivity contribution in [1.82, 2.24) is 0 Å². The Hall–Kier alpha value is -1.49. The van der Waals surface area contributed by atoms with Gasteiger partial charge in [-0.2, -0.15) is 0 Å². The van der Waals surface area contributed by atoms with Gasteiger partial charge >= 0.3 is 0 Å². The molecule has 0 N–H and O–H groups in total. The SMILES string of the molecule is Br/C=C1\SC(Sc2ccc3ccccc3c2)=Nc2ccccc21. The number of para-hydroxylation sites is 1. The molecule has 4 rings (SSSR count). The average Bonchev–Trinajstić information content (AvgIpc) is 2.61. The van der Waals surface area contributed by atoms with Crippen molar-refractivity contribution in [2.24, 2.45) is 4.99 Å². The molecule has 0 atom stereocenters. The second kappa shape index (κ2) is 6.56.